The van der Waals surface area contributed by atoms with Crippen LogP contribution in [0.4, 0.5) is 5.69 Å². The highest BCUT2D eigenvalue weighted by Gasteiger charge is 2.24. The Morgan fingerprint density at radius 3 is 2.69 bits per heavy atom. The molecular weight excluding hydrogens is 406 g/mol. The van der Waals surface area contributed by atoms with E-state index in [1.807, 2.05) is 78.4 Å². The Kier molecular flexibility index (Phi) is 5.47. The van der Waals surface area contributed by atoms with E-state index in [0.717, 1.165) is 28.4 Å². The fourth-order valence-electron chi connectivity index (χ4n) is 2.93. The van der Waals surface area contributed by atoms with Crippen molar-refractivity contribution in [1.82, 2.24) is 9.88 Å². The Bertz CT molecular complexity index is 1130. The third-order valence-corrected chi connectivity index (χ3v) is 5.84. The average molecular weight is 424 g/mol. The molecule has 0 saturated carbocycles. The fourth-order valence-corrected chi connectivity index (χ4v) is 3.92. The smallest absolute Gasteiger partial charge is 0.264 e. The van der Waals surface area contributed by atoms with E-state index < -0.39 is 0 Å². The summed E-state index contributed by atoms with van der Waals surface area (Å²) in [7, 11) is 1.64. The molecule has 7 heteroatoms. The molecule has 0 atom stereocenters. The Labute approximate surface area is 178 Å². The van der Waals surface area contributed by atoms with Crippen molar-refractivity contribution in [1.29, 1.82) is 0 Å². The summed E-state index contributed by atoms with van der Waals surface area (Å²) in [6, 6.07) is 17.2. The number of methoxy groups -OCH3 is 1. The van der Waals surface area contributed by atoms with E-state index in [2.05, 4.69) is 10.3 Å². The van der Waals surface area contributed by atoms with Crippen LogP contribution in [-0.2, 0) is 4.79 Å². The second-order valence-corrected chi connectivity index (χ2v) is 7.80. The molecule has 0 aliphatic carbocycles. The number of rotatable bonds is 4. The molecule has 5 nitrogen and oxygen atoms in total. The molecule has 0 spiro atoms. The van der Waals surface area contributed by atoms with Crippen LogP contribution in [0.3, 0.4) is 0 Å². The SMILES string of the molecule is COc1ccc(-n2cccc2/C=C2\SC(=Nc3cccc(Cl)c3C)NC2=O)cc1. The highest BCUT2D eigenvalue weighted by Crippen LogP contribution is 2.31. The number of carbonyl (C=O) groups excluding carboxylic acids is 1. The number of benzene rings is 2. The van der Waals surface area contributed by atoms with Crippen molar-refractivity contribution < 1.29 is 9.53 Å². The van der Waals surface area contributed by atoms with Gasteiger partial charge in [0.15, 0.2) is 5.17 Å². The van der Waals surface area contributed by atoms with Gasteiger partial charge >= 0.3 is 0 Å². The number of halogens is 1. The number of carbonyl (C=O) groups is 1. The lowest BCUT2D eigenvalue weighted by Gasteiger charge is -2.08. The lowest BCUT2D eigenvalue weighted by atomic mass is 10.2. The van der Waals surface area contributed by atoms with Crippen molar-refractivity contribution in [3.05, 3.63) is 82.0 Å². The number of nitrogens with one attached hydrogen (secondary N) is 1. The predicted octanol–water partition coefficient (Wildman–Crippen LogP) is 5.34. The Hall–Kier alpha value is -2.96. The van der Waals surface area contributed by atoms with Crippen LogP contribution in [0.5, 0.6) is 5.75 Å². The molecule has 4 rings (SSSR count). The first-order valence-corrected chi connectivity index (χ1v) is 10.1. The van der Waals surface area contributed by atoms with Gasteiger partial charge in [-0.05, 0) is 78.9 Å². The number of aromatic nitrogens is 1. The van der Waals surface area contributed by atoms with Gasteiger partial charge in [0.2, 0.25) is 0 Å². The molecule has 0 unspecified atom stereocenters. The summed E-state index contributed by atoms with van der Waals surface area (Å²) >= 11 is 7.47. The summed E-state index contributed by atoms with van der Waals surface area (Å²) in [6.07, 6.45) is 3.81. The molecule has 2 heterocycles. The van der Waals surface area contributed by atoms with Gasteiger partial charge in [-0.1, -0.05) is 17.7 Å². The first-order valence-electron chi connectivity index (χ1n) is 8.91. The second kappa shape index (κ2) is 8.19. The molecule has 146 valence electrons. The summed E-state index contributed by atoms with van der Waals surface area (Å²) in [6.45, 7) is 1.90. The van der Waals surface area contributed by atoms with Crippen LogP contribution in [0.2, 0.25) is 5.02 Å². The van der Waals surface area contributed by atoms with Crippen molar-refractivity contribution in [3.8, 4) is 11.4 Å². The van der Waals surface area contributed by atoms with Crippen LogP contribution < -0.4 is 10.1 Å². The maximum Gasteiger partial charge on any atom is 0.264 e. The van der Waals surface area contributed by atoms with Gasteiger partial charge in [-0.3, -0.25) is 4.79 Å². The van der Waals surface area contributed by atoms with Crippen LogP contribution in [-0.4, -0.2) is 22.8 Å². The molecule has 3 aromatic rings. The summed E-state index contributed by atoms with van der Waals surface area (Å²) in [5, 5.41) is 4.01. The molecular formula is C22H18ClN3O2S. The minimum absolute atomic E-state index is 0.170. The van der Waals surface area contributed by atoms with Gasteiger partial charge in [-0.2, -0.15) is 0 Å². The van der Waals surface area contributed by atoms with Crippen LogP contribution in [0.15, 0.2) is 70.7 Å². The van der Waals surface area contributed by atoms with E-state index in [-0.39, 0.29) is 5.91 Å². The number of amides is 1. The molecule has 1 fully saturated rings. The maximum atomic E-state index is 12.5. The third-order valence-electron chi connectivity index (χ3n) is 4.52. The number of hydrogen-bond donors (Lipinski definition) is 1. The van der Waals surface area contributed by atoms with Crippen molar-refractivity contribution in [2.45, 2.75) is 6.92 Å². The Morgan fingerprint density at radius 2 is 1.93 bits per heavy atom. The van der Waals surface area contributed by atoms with Gasteiger partial charge in [0.25, 0.3) is 5.91 Å². The van der Waals surface area contributed by atoms with Crippen LogP contribution in [0, 0.1) is 6.92 Å². The minimum Gasteiger partial charge on any atom is -0.497 e. The van der Waals surface area contributed by atoms with Crippen LogP contribution in [0.25, 0.3) is 11.8 Å². The number of nitrogens with zero attached hydrogens (tertiary/aromatic N) is 2. The van der Waals surface area contributed by atoms with Gasteiger partial charge in [0, 0.05) is 22.6 Å². The molecule has 0 bridgehead atoms. The van der Waals surface area contributed by atoms with Gasteiger partial charge in [0.1, 0.15) is 5.75 Å². The largest absolute Gasteiger partial charge is 0.497 e. The normalized spacial score (nSPS) is 16.4. The minimum atomic E-state index is -0.170. The van der Waals surface area contributed by atoms with E-state index in [9.17, 15) is 4.79 Å². The average Bonchev–Trinajstić information content (AvgIpc) is 3.32. The standard InChI is InChI=1S/C22H18ClN3O2S/c1-14-18(23)6-3-7-19(14)24-22-25-21(27)20(29-22)13-16-5-4-12-26(16)15-8-10-17(28-2)11-9-15/h3-13H,1-2H3,(H,24,25,27)/b20-13-. The van der Waals surface area contributed by atoms with E-state index in [1.165, 1.54) is 11.8 Å². The fraction of sp³-hybridized carbons (Fsp3) is 0.0909. The monoisotopic (exact) mass is 423 g/mol. The summed E-state index contributed by atoms with van der Waals surface area (Å²) in [4.78, 5) is 17.6. The van der Waals surface area contributed by atoms with Crippen molar-refractivity contribution in [3.63, 3.8) is 0 Å². The predicted molar refractivity (Wildman–Crippen MR) is 119 cm³/mol. The Balaban J connectivity index is 1.61. The molecule has 1 aliphatic rings. The highest BCUT2D eigenvalue weighted by molar-refractivity contribution is 8.18. The van der Waals surface area contributed by atoms with E-state index in [0.29, 0.717) is 15.1 Å². The van der Waals surface area contributed by atoms with Gasteiger partial charge < -0.3 is 14.6 Å². The molecule has 1 aromatic heterocycles. The third kappa shape index (κ3) is 4.09. The molecule has 1 aliphatic heterocycles. The van der Waals surface area contributed by atoms with E-state index in [1.54, 1.807) is 7.11 Å². The quantitative estimate of drug-likeness (QED) is 0.576. The molecule has 29 heavy (non-hydrogen) atoms. The molecule has 1 N–H and O–H groups in total. The number of thioether (sulfide) groups is 1. The highest BCUT2D eigenvalue weighted by atomic mass is 35.5. The topological polar surface area (TPSA) is 55.6 Å². The van der Waals surface area contributed by atoms with E-state index >= 15 is 0 Å². The van der Waals surface area contributed by atoms with E-state index in [4.69, 9.17) is 16.3 Å². The van der Waals surface area contributed by atoms with Gasteiger partial charge in [-0.25, -0.2) is 4.99 Å². The summed E-state index contributed by atoms with van der Waals surface area (Å²) in [5.41, 5.74) is 3.49. The maximum absolute atomic E-state index is 12.5. The van der Waals surface area contributed by atoms with Crippen molar-refractivity contribution >= 4 is 46.2 Å². The summed E-state index contributed by atoms with van der Waals surface area (Å²) < 4.78 is 7.23. The zero-order chi connectivity index (χ0) is 20.4. The zero-order valence-corrected chi connectivity index (χ0v) is 17.4. The van der Waals surface area contributed by atoms with Crippen LogP contribution in [0.1, 0.15) is 11.3 Å². The number of hydrogen-bond acceptors (Lipinski definition) is 4. The molecule has 1 amide bonds. The second-order valence-electron chi connectivity index (χ2n) is 6.37. The Morgan fingerprint density at radius 1 is 1.14 bits per heavy atom. The first kappa shape index (κ1) is 19.4. The van der Waals surface area contributed by atoms with Crippen molar-refractivity contribution in [2.75, 3.05) is 7.11 Å². The molecule has 0 radical (unpaired) electrons. The van der Waals surface area contributed by atoms with Gasteiger partial charge in [-0.15, -0.1) is 0 Å². The molecule has 2 aromatic carbocycles. The summed E-state index contributed by atoms with van der Waals surface area (Å²) in [5.74, 6) is 0.625. The van der Waals surface area contributed by atoms with Crippen LogP contribution >= 0.6 is 23.4 Å². The number of aliphatic imine (C=N–C) groups is 1. The first-order chi connectivity index (χ1) is 14.0. The van der Waals surface area contributed by atoms with Crippen molar-refractivity contribution in [2.24, 2.45) is 4.99 Å². The zero-order valence-electron chi connectivity index (χ0n) is 15.8. The molecule has 1 saturated heterocycles. The lowest BCUT2D eigenvalue weighted by molar-refractivity contribution is -0.115. The lowest BCUT2D eigenvalue weighted by Crippen LogP contribution is -2.19. The van der Waals surface area contributed by atoms with Gasteiger partial charge in [0.05, 0.1) is 17.7 Å². The number of ether oxygens (including phenoxy) is 1. The number of amidine groups is 1.